The first-order chi connectivity index (χ1) is 8.24. The summed E-state index contributed by atoms with van der Waals surface area (Å²) in [4.78, 5) is 4.16. The molecule has 0 amide bonds. The highest BCUT2D eigenvalue weighted by molar-refractivity contribution is 14.0. The Bertz CT molecular complexity index is 204. The second-order valence-electron chi connectivity index (χ2n) is 4.05. The smallest absolute Gasteiger partial charge is 0.191 e. The van der Waals surface area contributed by atoms with E-state index in [0.29, 0.717) is 6.61 Å². The highest BCUT2D eigenvalue weighted by atomic mass is 127. The molecule has 0 aliphatic carbocycles. The van der Waals surface area contributed by atoms with Crippen LogP contribution in [0.1, 0.15) is 26.2 Å². The van der Waals surface area contributed by atoms with Gasteiger partial charge in [-0.1, -0.05) is 0 Å². The number of halogens is 1. The van der Waals surface area contributed by atoms with E-state index in [1.165, 1.54) is 6.42 Å². The Morgan fingerprint density at radius 2 is 1.89 bits per heavy atom. The maximum Gasteiger partial charge on any atom is 0.191 e. The lowest BCUT2D eigenvalue weighted by atomic mass is 10.2. The number of rotatable bonds is 9. The number of hydrogen-bond donors (Lipinski definition) is 2. The molecule has 1 unspecified atom stereocenters. The first kappa shape index (κ1) is 20.2. The number of nitrogens with one attached hydrogen (secondary N) is 2. The van der Waals surface area contributed by atoms with Crippen LogP contribution in [0.5, 0.6) is 0 Å². The van der Waals surface area contributed by atoms with E-state index < -0.39 is 0 Å². The summed E-state index contributed by atoms with van der Waals surface area (Å²) in [7, 11) is 5.21. The molecule has 1 atom stereocenters. The fraction of sp³-hybridized carbons (Fsp3) is 0.917. The van der Waals surface area contributed by atoms with Gasteiger partial charge in [-0.05, 0) is 26.2 Å². The third kappa shape index (κ3) is 12.4. The number of ether oxygens (including phenoxy) is 2. The largest absolute Gasteiger partial charge is 0.385 e. The van der Waals surface area contributed by atoms with E-state index in [9.17, 15) is 0 Å². The molecule has 18 heavy (non-hydrogen) atoms. The average molecular weight is 373 g/mol. The van der Waals surface area contributed by atoms with Crippen molar-refractivity contribution in [3.05, 3.63) is 0 Å². The molecule has 0 aliphatic rings. The zero-order valence-corrected chi connectivity index (χ0v) is 14.3. The van der Waals surface area contributed by atoms with Crippen molar-refractivity contribution in [2.45, 2.75) is 32.2 Å². The topological polar surface area (TPSA) is 54.9 Å². The van der Waals surface area contributed by atoms with Crippen molar-refractivity contribution in [3.8, 4) is 0 Å². The molecule has 0 saturated heterocycles. The van der Waals surface area contributed by atoms with E-state index in [4.69, 9.17) is 9.47 Å². The molecule has 2 N–H and O–H groups in total. The molecule has 110 valence electrons. The standard InChI is InChI=1S/C12H27N3O2.HI/c1-11(10-17-4)15-12(13-2)14-8-6-5-7-9-16-3;/h11H,5-10H2,1-4H3,(H2,13,14,15);1H. The summed E-state index contributed by atoms with van der Waals surface area (Å²) in [5, 5.41) is 6.54. The molecule has 5 nitrogen and oxygen atoms in total. The molecule has 0 spiro atoms. The summed E-state index contributed by atoms with van der Waals surface area (Å²) in [5.41, 5.74) is 0. The molecule has 0 aliphatic heterocycles. The zero-order chi connectivity index (χ0) is 12.9. The summed E-state index contributed by atoms with van der Waals surface area (Å²) in [6.45, 7) is 4.52. The van der Waals surface area contributed by atoms with Gasteiger partial charge >= 0.3 is 0 Å². The van der Waals surface area contributed by atoms with Crippen LogP contribution in [-0.2, 0) is 9.47 Å². The Labute approximate surface area is 128 Å². The van der Waals surface area contributed by atoms with Crippen molar-refractivity contribution >= 4 is 29.9 Å². The van der Waals surface area contributed by atoms with Crippen molar-refractivity contribution in [2.75, 3.05) is 41.0 Å². The minimum Gasteiger partial charge on any atom is -0.385 e. The summed E-state index contributed by atoms with van der Waals surface area (Å²) in [6.07, 6.45) is 3.42. The molecule has 0 bridgehead atoms. The van der Waals surface area contributed by atoms with Gasteiger partial charge in [0.1, 0.15) is 0 Å². The average Bonchev–Trinajstić information content (AvgIpc) is 2.32. The summed E-state index contributed by atoms with van der Waals surface area (Å²) in [5.74, 6) is 0.835. The Morgan fingerprint density at radius 1 is 1.17 bits per heavy atom. The van der Waals surface area contributed by atoms with Crippen LogP contribution < -0.4 is 10.6 Å². The lowest BCUT2D eigenvalue weighted by molar-refractivity contribution is 0.179. The quantitative estimate of drug-likeness (QED) is 0.279. The number of methoxy groups -OCH3 is 2. The predicted octanol–water partition coefficient (Wildman–Crippen LogP) is 1.62. The van der Waals surface area contributed by atoms with Crippen LogP contribution in [0.3, 0.4) is 0 Å². The molecule has 0 radical (unpaired) electrons. The Kier molecular flexibility index (Phi) is 16.8. The highest BCUT2D eigenvalue weighted by Gasteiger charge is 2.03. The molecule has 0 aromatic heterocycles. The van der Waals surface area contributed by atoms with Gasteiger partial charge in [-0.25, -0.2) is 0 Å². The van der Waals surface area contributed by atoms with Gasteiger partial charge in [0.15, 0.2) is 5.96 Å². The molecule has 0 rings (SSSR count). The highest BCUT2D eigenvalue weighted by Crippen LogP contribution is 1.93. The van der Waals surface area contributed by atoms with Crippen molar-refractivity contribution in [3.63, 3.8) is 0 Å². The lowest BCUT2D eigenvalue weighted by Crippen LogP contribution is -2.44. The van der Waals surface area contributed by atoms with Crippen LogP contribution >= 0.6 is 24.0 Å². The van der Waals surface area contributed by atoms with Gasteiger partial charge in [0.05, 0.1) is 6.61 Å². The summed E-state index contributed by atoms with van der Waals surface area (Å²) >= 11 is 0. The number of unbranched alkanes of at least 4 members (excludes halogenated alkanes) is 2. The van der Waals surface area contributed by atoms with Crippen LogP contribution in [0.4, 0.5) is 0 Å². The monoisotopic (exact) mass is 373 g/mol. The Morgan fingerprint density at radius 3 is 2.44 bits per heavy atom. The van der Waals surface area contributed by atoms with Crippen molar-refractivity contribution < 1.29 is 9.47 Å². The van der Waals surface area contributed by atoms with Crippen LogP contribution in [0, 0.1) is 0 Å². The van der Waals surface area contributed by atoms with Crippen LogP contribution in [-0.4, -0.2) is 53.0 Å². The van der Waals surface area contributed by atoms with Gasteiger partial charge in [-0.2, -0.15) is 0 Å². The van der Waals surface area contributed by atoms with Crippen molar-refractivity contribution in [2.24, 2.45) is 4.99 Å². The molecule has 0 aromatic rings. The summed E-state index contributed by atoms with van der Waals surface area (Å²) in [6, 6.07) is 0.264. The second kappa shape index (κ2) is 15.0. The molecule has 0 saturated carbocycles. The van der Waals surface area contributed by atoms with Crippen molar-refractivity contribution in [1.82, 2.24) is 10.6 Å². The van der Waals surface area contributed by atoms with Crippen molar-refractivity contribution in [1.29, 1.82) is 0 Å². The number of hydrogen-bond acceptors (Lipinski definition) is 3. The van der Waals surface area contributed by atoms with Crippen LogP contribution in [0.25, 0.3) is 0 Å². The first-order valence-corrected chi connectivity index (χ1v) is 6.19. The molecular formula is C12H28IN3O2. The molecular weight excluding hydrogens is 345 g/mol. The minimum absolute atomic E-state index is 0. The normalized spacial score (nSPS) is 12.8. The minimum atomic E-state index is 0. The van der Waals surface area contributed by atoms with Gasteiger partial charge in [-0.3, -0.25) is 4.99 Å². The van der Waals surface area contributed by atoms with Crippen LogP contribution in [0.15, 0.2) is 4.99 Å². The molecule has 0 aromatic carbocycles. The van der Waals surface area contributed by atoms with E-state index in [-0.39, 0.29) is 30.0 Å². The number of guanidine groups is 1. The third-order valence-electron chi connectivity index (χ3n) is 2.34. The van der Waals surface area contributed by atoms with Gasteiger partial charge in [0, 0.05) is 40.5 Å². The molecule has 0 heterocycles. The lowest BCUT2D eigenvalue weighted by Gasteiger charge is -2.17. The maximum absolute atomic E-state index is 5.06. The zero-order valence-electron chi connectivity index (χ0n) is 12.0. The Balaban J connectivity index is 0. The fourth-order valence-electron chi connectivity index (χ4n) is 1.47. The number of aliphatic imine (C=N–C) groups is 1. The summed E-state index contributed by atoms with van der Waals surface area (Å²) < 4.78 is 10.1. The fourth-order valence-corrected chi connectivity index (χ4v) is 1.47. The number of nitrogens with zero attached hydrogens (tertiary/aromatic N) is 1. The maximum atomic E-state index is 5.06. The molecule has 0 fully saturated rings. The predicted molar refractivity (Wildman–Crippen MR) is 87.0 cm³/mol. The second-order valence-corrected chi connectivity index (χ2v) is 4.05. The SMILES string of the molecule is CN=C(NCCCCCOC)NC(C)COC.I. The van der Waals surface area contributed by atoms with E-state index in [0.717, 1.165) is 32.0 Å². The third-order valence-corrected chi connectivity index (χ3v) is 2.34. The van der Waals surface area contributed by atoms with Gasteiger partial charge in [0.25, 0.3) is 0 Å². The van der Waals surface area contributed by atoms with Gasteiger partial charge in [-0.15, -0.1) is 24.0 Å². The van der Waals surface area contributed by atoms with E-state index in [2.05, 4.69) is 22.5 Å². The Hall–Kier alpha value is -0.0800. The molecule has 6 heteroatoms. The van der Waals surface area contributed by atoms with E-state index >= 15 is 0 Å². The van der Waals surface area contributed by atoms with E-state index in [1.807, 2.05) is 0 Å². The first-order valence-electron chi connectivity index (χ1n) is 6.19. The van der Waals surface area contributed by atoms with E-state index in [1.54, 1.807) is 21.3 Å². The van der Waals surface area contributed by atoms with Gasteiger partial charge < -0.3 is 20.1 Å². The van der Waals surface area contributed by atoms with Crippen LogP contribution in [0.2, 0.25) is 0 Å². The van der Waals surface area contributed by atoms with Gasteiger partial charge in [0.2, 0.25) is 0 Å².